The molecule has 2 rings (SSSR count). The molecule has 0 aliphatic rings. The van der Waals surface area contributed by atoms with E-state index in [-0.39, 0.29) is 0 Å². The fourth-order valence-corrected chi connectivity index (χ4v) is 2.08. The molecule has 0 spiro atoms. The van der Waals surface area contributed by atoms with Crippen LogP contribution < -0.4 is 0 Å². The normalized spacial score (nSPS) is 10.3. The van der Waals surface area contributed by atoms with E-state index in [0.717, 1.165) is 5.56 Å². The predicted octanol–water partition coefficient (Wildman–Crippen LogP) is 2.50. The fourth-order valence-electron chi connectivity index (χ4n) is 1.25. The molecule has 0 aliphatic heterocycles. The number of rotatable bonds is 2. The molecule has 2 heterocycles. The van der Waals surface area contributed by atoms with E-state index in [1.807, 2.05) is 13.0 Å². The Morgan fingerprint density at radius 2 is 2.40 bits per heavy atom. The van der Waals surface area contributed by atoms with Crippen molar-refractivity contribution in [2.24, 2.45) is 0 Å². The molecule has 15 heavy (non-hydrogen) atoms. The highest BCUT2D eigenvalue weighted by Crippen LogP contribution is 2.31. The summed E-state index contributed by atoms with van der Waals surface area (Å²) in [5.41, 5.74) is 2.88. The van der Waals surface area contributed by atoms with E-state index in [2.05, 4.69) is 9.72 Å². The number of hydrogen-bond donors (Lipinski definition) is 0. The van der Waals surface area contributed by atoms with Gasteiger partial charge in [-0.25, -0.2) is 9.78 Å². The number of carbonyl (C=O) groups excluding carboxylic acids is 1. The highest BCUT2D eigenvalue weighted by atomic mass is 32.1. The zero-order valence-electron chi connectivity index (χ0n) is 8.31. The van der Waals surface area contributed by atoms with Crippen LogP contribution in [0.15, 0.2) is 22.3 Å². The second-order valence-electron chi connectivity index (χ2n) is 2.95. The molecule has 2 aromatic rings. The van der Waals surface area contributed by atoms with E-state index < -0.39 is 5.97 Å². The lowest BCUT2D eigenvalue weighted by Gasteiger charge is -1.98. The summed E-state index contributed by atoms with van der Waals surface area (Å²) in [4.78, 5) is 16.1. The first-order valence-electron chi connectivity index (χ1n) is 4.30. The lowest BCUT2D eigenvalue weighted by atomic mass is 10.2. The summed E-state index contributed by atoms with van der Waals surface area (Å²) >= 11 is 1.36. The number of aromatic nitrogens is 1. The maximum atomic E-state index is 11.4. The van der Waals surface area contributed by atoms with Crippen LogP contribution in [0.4, 0.5) is 0 Å². The Kier molecular flexibility index (Phi) is 2.55. The molecule has 0 unspecified atom stereocenters. The van der Waals surface area contributed by atoms with Crippen LogP contribution in [0.5, 0.6) is 0 Å². The molecule has 0 saturated heterocycles. The predicted molar refractivity (Wildman–Crippen MR) is 55.9 cm³/mol. The Balaban J connectivity index is 2.50. The number of esters is 1. The molecule has 0 radical (unpaired) electrons. The van der Waals surface area contributed by atoms with Gasteiger partial charge in [-0.3, -0.25) is 0 Å². The van der Waals surface area contributed by atoms with Gasteiger partial charge in [0, 0.05) is 0 Å². The zero-order valence-corrected chi connectivity index (χ0v) is 9.13. The quantitative estimate of drug-likeness (QED) is 0.734. The van der Waals surface area contributed by atoms with Crippen molar-refractivity contribution in [3.8, 4) is 10.6 Å². The van der Waals surface area contributed by atoms with Gasteiger partial charge in [0.2, 0.25) is 0 Å². The molecule has 5 heteroatoms. The summed E-state index contributed by atoms with van der Waals surface area (Å²) in [6, 6.07) is 1.84. The largest absolute Gasteiger partial charge is 0.464 e. The van der Waals surface area contributed by atoms with Crippen molar-refractivity contribution in [3.63, 3.8) is 0 Å². The minimum Gasteiger partial charge on any atom is -0.464 e. The third-order valence-corrected chi connectivity index (χ3v) is 2.84. The molecule has 78 valence electrons. The molecule has 2 aromatic heterocycles. The Bertz CT molecular complexity index is 486. The van der Waals surface area contributed by atoms with Gasteiger partial charge in [-0.1, -0.05) is 0 Å². The fraction of sp³-hybridized carbons (Fsp3) is 0.200. The van der Waals surface area contributed by atoms with Crippen LogP contribution >= 0.6 is 11.3 Å². The van der Waals surface area contributed by atoms with Gasteiger partial charge in [0.05, 0.1) is 18.9 Å². The second-order valence-corrected chi connectivity index (χ2v) is 3.81. The van der Waals surface area contributed by atoms with Crippen LogP contribution in [0.3, 0.4) is 0 Å². The second kappa shape index (κ2) is 3.86. The first-order valence-corrected chi connectivity index (χ1v) is 5.18. The van der Waals surface area contributed by atoms with Crippen LogP contribution in [0.1, 0.15) is 16.1 Å². The molecular weight excluding hydrogens is 214 g/mol. The average molecular weight is 223 g/mol. The molecular formula is C10H9NO3S. The lowest BCUT2D eigenvalue weighted by molar-refractivity contribution is 0.0595. The van der Waals surface area contributed by atoms with E-state index >= 15 is 0 Å². The maximum Gasteiger partial charge on any atom is 0.358 e. The summed E-state index contributed by atoms with van der Waals surface area (Å²) in [7, 11) is 1.33. The molecule has 0 fully saturated rings. The van der Waals surface area contributed by atoms with Gasteiger partial charge < -0.3 is 9.15 Å². The standard InChI is InChI=1S/C10H9NO3S/c1-6-3-4-14-8(6)9-7(10(12)13-2)11-5-15-9/h3-5H,1-2H3. The summed E-state index contributed by atoms with van der Waals surface area (Å²) in [5, 5.41) is 0. The van der Waals surface area contributed by atoms with Gasteiger partial charge in [0.25, 0.3) is 0 Å². The molecule has 0 saturated carbocycles. The third-order valence-electron chi connectivity index (χ3n) is 2.01. The number of methoxy groups -OCH3 is 1. The summed E-state index contributed by atoms with van der Waals surface area (Å²) < 4.78 is 9.94. The average Bonchev–Trinajstić information content (AvgIpc) is 2.84. The van der Waals surface area contributed by atoms with Gasteiger partial charge in [-0.05, 0) is 18.6 Å². The number of hydrogen-bond acceptors (Lipinski definition) is 5. The molecule has 0 aliphatic carbocycles. The van der Waals surface area contributed by atoms with Crippen molar-refractivity contribution in [2.75, 3.05) is 7.11 Å². The van der Waals surface area contributed by atoms with Crippen molar-refractivity contribution < 1.29 is 13.9 Å². The van der Waals surface area contributed by atoms with Crippen molar-refractivity contribution in [2.45, 2.75) is 6.92 Å². The van der Waals surface area contributed by atoms with Gasteiger partial charge in [0.15, 0.2) is 5.69 Å². The van der Waals surface area contributed by atoms with Gasteiger partial charge in [-0.2, -0.15) is 0 Å². The Labute approximate surface area is 90.5 Å². The number of furan rings is 1. The van der Waals surface area contributed by atoms with Crippen molar-refractivity contribution in [1.29, 1.82) is 0 Å². The van der Waals surface area contributed by atoms with Crippen molar-refractivity contribution in [1.82, 2.24) is 4.98 Å². The van der Waals surface area contributed by atoms with Crippen LogP contribution in [-0.2, 0) is 4.74 Å². The van der Waals surface area contributed by atoms with Crippen LogP contribution in [0.2, 0.25) is 0 Å². The highest BCUT2D eigenvalue weighted by molar-refractivity contribution is 7.13. The van der Waals surface area contributed by atoms with E-state index in [4.69, 9.17) is 4.42 Å². The van der Waals surface area contributed by atoms with Crippen LogP contribution in [0, 0.1) is 6.92 Å². The number of ether oxygens (including phenoxy) is 1. The first kappa shape index (κ1) is 9.92. The highest BCUT2D eigenvalue weighted by Gasteiger charge is 2.19. The Morgan fingerprint density at radius 3 is 3.00 bits per heavy atom. The van der Waals surface area contributed by atoms with Crippen molar-refractivity contribution in [3.05, 3.63) is 29.1 Å². The van der Waals surface area contributed by atoms with Crippen LogP contribution in [-0.4, -0.2) is 18.1 Å². The Hall–Kier alpha value is -1.62. The van der Waals surface area contributed by atoms with Gasteiger partial charge >= 0.3 is 5.97 Å². The smallest absolute Gasteiger partial charge is 0.358 e. The minimum atomic E-state index is -0.443. The molecule has 0 atom stereocenters. The summed E-state index contributed by atoms with van der Waals surface area (Å²) in [6.45, 7) is 1.92. The lowest BCUT2D eigenvalue weighted by Crippen LogP contribution is -2.02. The van der Waals surface area contributed by atoms with E-state index in [1.165, 1.54) is 18.4 Å². The third kappa shape index (κ3) is 1.66. The number of aryl methyl sites for hydroxylation is 1. The molecule has 0 amide bonds. The number of nitrogens with zero attached hydrogens (tertiary/aromatic N) is 1. The van der Waals surface area contributed by atoms with E-state index in [0.29, 0.717) is 16.3 Å². The van der Waals surface area contributed by atoms with E-state index in [1.54, 1.807) is 11.8 Å². The topological polar surface area (TPSA) is 52.3 Å². The van der Waals surface area contributed by atoms with Crippen molar-refractivity contribution >= 4 is 17.3 Å². The Morgan fingerprint density at radius 1 is 1.60 bits per heavy atom. The number of carbonyl (C=O) groups is 1. The monoisotopic (exact) mass is 223 g/mol. The SMILES string of the molecule is COC(=O)c1ncsc1-c1occc1C. The minimum absolute atomic E-state index is 0.306. The van der Waals surface area contributed by atoms with Crippen LogP contribution in [0.25, 0.3) is 10.6 Å². The van der Waals surface area contributed by atoms with E-state index in [9.17, 15) is 4.79 Å². The summed E-state index contributed by atoms with van der Waals surface area (Å²) in [5.74, 6) is 0.236. The van der Waals surface area contributed by atoms with Gasteiger partial charge in [-0.15, -0.1) is 11.3 Å². The first-order chi connectivity index (χ1) is 7.24. The maximum absolute atomic E-state index is 11.4. The molecule has 0 aromatic carbocycles. The summed E-state index contributed by atoms with van der Waals surface area (Å²) in [6.07, 6.45) is 1.59. The molecule has 4 nitrogen and oxygen atoms in total. The molecule has 0 N–H and O–H groups in total. The zero-order chi connectivity index (χ0) is 10.8. The number of thiazole rings is 1. The molecule has 0 bridgehead atoms. The van der Waals surface area contributed by atoms with Gasteiger partial charge in [0.1, 0.15) is 10.6 Å².